The van der Waals surface area contributed by atoms with E-state index in [1.54, 1.807) is 49.5 Å². The van der Waals surface area contributed by atoms with Gasteiger partial charge in [-0.05, 0) is 43.5 Å². The monoisotopic (exact) mass is 516 g/mol. The lowest BCUT2D eigenvalue weighted by atomic mass is 10.0. The minimum absolute atomic E-state index is 0.0467. The molecule has 0 unspecified atom stereocenters. The topological polar surface area (TPSA) is 112 Å². The van der Waals surface area contributed by atoms with Crippen LogP contribution in [0, 0.1) is 5.92 Å². The molecule has 2 heterocycles. The number of aromatic nitrogens is 1. The highest BCUT2D eigenvalue weighted by Crippen LogP contribution is 2.36. The predicted octanol–water partition coefficient (Wildman–Crippen LogP) is 3.10. The van der Waals surface area contributed by atoms with Gasteiger partial charge in [-0.3, -0.25) is 4.98 Å². The van der Waals surface area contributed by atoms with E-state index >= 15 is 0 Å². The minimum atomic E-state index is -3.93. The number of nitrogens with one attached hydrogen (secondary N) is 1. The third kappa shape index (κ3) is 5.66. The van der Waals surface area contributed by atoms with Crippen molar-refractivity contribution in [2.24, 2.45) is 5.92 Å². The number of urea groups is 1. The van der Waals surface area contributed by atoms with Crippen molar-refractivity contribution in [1.82, 2.24) is 19.5 Å². The van der Waals surface area contributed by atoms with Crippen molar-refractivity contribution in [2.45, 2.75) is 62.6 Å². The fourth-order valence-electron chi connectivity index (χ4n) is 4.86. The van der Waals surface area contributed by atoms with Crippen molar-refractivity contribution in [3.8, 4) is 16.9 Å². The number of nitrogens with zero attached hydrogens (tertiary/aromatic N) is 3. The van der Waals surface area contributed by atoms with E-state index in [1.165, 1.54) is 4.31 Å². The van der Waals surface area contributed by atoms with Crippen molar-refractivity contribution >= 4 is 16.1 Å². The first-order chi connectivity index (χ1) is 17.2. The van der Waals surface area contributed by atoms with Gasteiger partial charge >= 0.3 is 6.03 Å². The van der Waals surface area contributed by atoms with Crippen LogP contribution in [0.15, 0.2) is 47.6 Å². The number of hydrogen-bond acceptors (Lipinski definition) is 6. The van der Waals surface area contributed by atoms with E-state index in [0.29, 0.717) is 0 Å². The molecule has 1 aromatic carbocycles. The van der Waals surface area contributed by atoms with Crippen LogP contribution in [0.5, 0.6) is 5.75 Å². The number of pyridine rings is 1. The molecular weight excluding hydrogens is 480 g/mol. The number of aliphatic hydroxyl groups excluding tert-OH is 1. The SMILES string of the molecule is C[C@H](CO)N1C[C@H](C)[C@@H](CN(C)C(=O)NC2CCCC2)Oc2cc(-c3cccnc3)ccc2S1(=O)=O. The molecule has 1 aromatic heterocycles. The Morgan fingerprint density at radius 1 is 1.28 bits per heavy atom. The summed E-state index contributed by atoms with van der Waals surface area (Å²) in [5.41, 5.74) is 1.61. The van der Waals surface area contributed by atoms with Gasteiger partial charge in [-0.1, -0.05) is 31.9 Å². The lowest BCUT2D eigenvalue weighted by Gasteiger charge is -2.37. The molecule has 196 valence electrons. The normalized spacial score (nSPS) is 23.1. The molecule has 2 aliphatic rings. The van der Waals surface area contributed by atoms with Gasteiger partial charge in [-0.15, -0.1) is 0 Å². The second kappa shape index (κ2) is 11.1. The molecule has 9 nitrogen and oxygen atoms in total. The van der Waals surface area contributed by atoms with E-state index < -0.39 is 22.2 Å². The number of sulfonamides is 1. The third-order valence-electron chi connectivity index (χ3n) is 7.15. The van der Waals surface area contributed by atoms with Gasteiger partial charge < -0.3 is 20.1 Å². The van der Waals surface area contributed by atoms with E-state index in [1.807, 2.05) is 19.1 Å². The van der Waals surface area contributed by atoms with Crippen LogP contribution < -0.4 is 10.1 Å². The Balaban J connectivity index is 1.68. The zero-order chi connectivity index (χ0) is 25.9. The summed E-state index contributed by atoms with van der Waals surface area (Å²) >= 11 is 0. The Morgan fingerprint density at radius 2 is 2.03 bits per heavy atom. The third-order valence-corrected chi connectivity index (χ3v) is 9.16. The standard InChI is InChI=1S/C26H36N4O5S/c1-18-15-30(19(2)17-31)36(33,34)25-11-10-20(21-7-6-12-27-14-21)13-23(25)35-24(18)16-29(3)26(32)28-22-8-4-5-9-22/h6-7,10-14,18-19,22,24,31H,4-5,8-9,15-17H2,1-3H3,(H,28,32)/t18-,19+,24+/m0/s1. The molecule has 0 radical (unpaired) electrons. The summed E-state index contributed by atoms with van der Waals surface area (Å²) < 4.78 is 35.0. The summed E-state index contributed by atoms with van der Waals surface area (Å²) in [5.74, 6) is -0.0154. The van der Waals surface area contributed by atoms with Gasteiger partial charge in [0.15, 0.2) is 0 Å². The second-order valence-corrected chi connectivity index (χ2v) is 11.8. The molecule has 1 aliphatic heterocycles. The molecule has 3 atom stereocenters. The maximum absolute atomic E-state index is 13.6. The molecule has 0 spiro atoms. The van der Waals surface area contributed by atoms with Gasteiger partial charge in [0.2, 0.25) is 10.0 Å². The highest BCUT2D eigenvalue weighted by atomic mass is 32.2. The van der Waals surface area contributed by atoms with Gasteiger partial charge in [0.25, 0.3) is 0 Å². The van der Waals surface area contributed by atoms with Crippen LogP contribution in [0.3, 0.4) is 0 Å². The van der Waals surface area contributed by atoms with Crippen LogP contribution in [0.2, 0.25) is 0 Å². The molecule has 2 aromatic rings. The Morgan fingerprint density at radius 3 is 2.69 bits per heavy atom. The highest BCUT2D eigenvalue weighted by Gasteiger charge is 2.38. The van der Waals surface area contributed by atoms with Crippen molar-refractivity contribution in [3.63, 3.8) is 0 Å². The molecule has 1 fully saturated rings. The van der Waals surface area contributed by atoms with Gasteiger partial charge in [0.1, 0.15) is 16.7 Å². The van der Waals surface area contributed by atoms with E-state index in [-0.39, 0.29) is 48.3 Å². The average molecular weight is 517 g/mol. The lowest BCUT2D eigenvalue weighted by Crippen LogP contribution is -2.51. The first-order valence-electron chi connectivity index (χ1n) is 12.6. The molecule has 0 saturated heterocycles. The second-order valence-electron chi connectivity index (χ2n) is 9.95. The fraction of sp³-hybridized carbons (Fsp3) is 0.538. The van der Waals surface area contributed by atoms with Crippen LogP contribution in [0.25, 0.3) is 11.1 Å². The Labute approximate surface area is 213 Å². The Hall–Kier alpha value is -2.69. The van der Waals surface area contributed by atoms with Crippen molar-refractivity contribution in [2.75, 3.05) is 26.7 Å². The number of benzene rings is 1. The number of amides is 2. The molecule has 1 saturated carbocycles. The maximum Gasteiger partial charge on any atom is 0.317 e. The van der Waals surface area contributed by atoms with Crippen LogP contribution in [-0.2, 0) is 10.0 Å². The summed E-state index contributed by atoms with van der Waals surface area (Å²) in [6, 6.07) is 8.15. The average Bonchev–Trinajstić information content (AvgIpc) is 3.39. The zero-order valence-electron chi connectivity index (χ0n) is 21.1. The molecule has 0 bridgehead atoms. The van der Waals surface area contributed by atoms with Crippen molar-refractivity contribution < 1.29 is 23.1 Å². The van der Waals surface area contributed by atoms with Gasteiger partial charge in [0.05, 0.1) is 13.2 Å². The van der Waals surface area contributed by atoms with E-state index in [4.69, 9.17) is 4.74 Å². The number of aliphatic hydroxyl groups is 1. The van der Waals surface area contributed by atoms with Crippen LogP contribution in [0.1, 0.15) is 39.5 Å². The number of carbonyl (C=O) groups is 1. The number of rotatable bonds is 6. The van der Waals surface area contributed by atoms with Gasteiger partial charge in [-0.2, -0.15) is 4.31 Å². The fourth-order valence-corrected chi connectivity index (χ4v) is 6.69. The summed E-state index contributed by atoms with van der Waals surface area (Å²) in [5, 5.41) is 12.9. The Kier molecular flexibility index (Phi) is 8.17. The number of carbonyl (C=O) groups excluding carboxylic acids is 1. The smallest absolute Gasteiger partial charge is 0.317 e. The summed E-state index contributed by atoms with van der Waals surface area (Å²) in [7, 11) is -2.20. The minimum Gasteiger partial charge on any atom is -0.487 e. The summed E-state index contributed by atoms with van der Waals surface area (Å²) in [6.07, 6.45) is 7.16. The van der Waals surface area contributed by atoms with Crippen LogP contribution in [-0.4, -0.2) is 78.7 Å². The van der Waals surface area contributed by atoms with E-state index in [2.05, 4.69) is 10.3 Å². The molecule has 36 heavy (non-hydrogen) atoms. The summed E-state index contributed by atoms with van der Waals surface area (Å²) in [6.45, 7) is 3.75. The zero-order valence-corrected chi connectivity index (χ0v) is 21.9. The van der Waals surface area contributed by atoms with Crippen molar-refractivity contribution in [3.05, 3.63) is 42.7 Å². The number of fused-ring (bicyclic) bond motifs is 1. The molecule has 2 amide bonds. The van der Waals surface area contributed by atoms with E-state index in [0.717, 1.165) is 36.8 Å². The summed E-state index contributed by atoms with van der Waals surface area (Å²) in [4.78, 5) is 18.7. The van der Waals surface area contributed by atoms with Crippen LogP contribution >= 0.6 is 0 Å². The molecule has 4 rings (SSSR count). The van der Waals surface area contributed by atoms with E-state index in [9.17, 15) is 18.3 Å². The lowest BCUT2D eigenvalue weighted by molar-refractivity contribution is 0.0809. The first kappa shape index (κ1) is 26.4. The number of ether oxygens (including phenoxy) is 1. The molecule has 10 heteroatoms. The predicted molar refractivity (Wildman–Crippen MR) is 137 cm³/mol. The Bertz CT molecular complexity index is 1150. The quantitative estimate of drug-likeness (QED) is 0.610. The number of likely N-dealkylation sites (N-methyl/N-ethyl adjacent to an activating group) is 1. The largest absolute Gasteiger partial charge is 0.487 e. The van der Waals surface area contributed by atoms with Gasteiger partial charge in [-0.25, -0.2) is 13.2 Å². The molecule has 2 N–H and O–H groups in total. The first-order valence-corrected chi connectivity index (χ1v) is 14.0. The number of hydrogen-bond donors (Lipinski definition) is 2. The van der Waals surface area contributed by atoms with Crippen molar-refractivity contribution in [1.29, 1.82) is 0 Å². The highest BCUT2D eigenvalue weighted by molar-refractivity contribution is 7.89. The molecular formula is C26H36N4O5S. The maximum atomic E-state index is 13.6. The van der Waals surface area contributed by atoms with Gasteiger partial charge in [0, 0.05) is 49.6 Å². The van der Waals surface area contributed by atoms with Crippen LogP contribution in [0.4, 0.5) is 4.79 Å². The molecule has 1 aliphatic carbocycles.